The lowest BCUT2D eigenvalue weighted by Gasteiger charge is -2.27. The van der Waals surface area contributed by atoms with Gasteiger partial charge in [-0.2, -0.15) is 0 Å². The Morgan fingerprint density at radius 2 is 1.72 bits per heavy atom. The highest BCUT2D eigenvalue weighted by Gasteiger charge is 2.31. The van der Waals surface area contributed by atoms with E-state index in [-0.39, 0.29) is 10.6 Å². The van der Waals surface area contributed by atoms with Gasteiger partial charge in [-0.05, 0) is 37.6 Å². The van der Waals surface area contributed by atoms with Crippen molar-refractivity contribution in [1.29, 1.82) is 0 Å². The van der Waals surface area contributed by atoms with E-state index in [0.29, 0.717) is 11.3 Å². The number of alkyl halides is 1. The number of aliphatic hydroxyl groups is 1. The lowest BCUT2D eigenvalue weighted by atomic mass is 10.1. The second-order valence-corrected chi connectivity index (χ2v) is 11.3. The van der Waals surface area contributed by atoms with Crippen LogP contribution in [0.4, 0.5) is 0 Å². The van der Waals surface area contributed by atoms with Crippen LogP contribution in [0.5, 0.6) is 0 Å². The maximum atomic E-state index is 12.9. The van der Waals surface area contributed by atoms with Crippen molar-refractivity contribution in [3.05, 3.63) is 60.2 Å². The van der Waals surface area contributed by atoms with Gasteiger partial charge in [0.1, 0.15) is 0 Å². The molecule has 0 heterocycles. The van der Waals surface area contributed by atoms with Gasteiger partial charge in [0.2, 0.25) is 10.0 Å². The Balaban J connectivity index is 2.25. The molecule has 160 valence electrons. The van der Waals surface area contributed by atoms with Crippen LogP contribution >= 0.6 is 15.9 Å². The van der Waals surface area contributed by atoms with E-state index in [4.69, 9.17) is 0 Å². The summed E-state index contributed by atoms with van der Waals surface area (Å²) in [4.78, 5) is 0.193. The molecule has 0 aliphatic carbocycles. The first kappa shape index (κ1) is 24.2. The van der Waals surface area contributed by atoms with Crippen LogP contribution in [0, 0.1) is 6.92 Å². The fraction of sp³-hybridized carbons (Fsp3) is 0.429. The van der Waals surface area contributed by atoms with Crippen molar-refractivity contribution in [2.24, 2.45) is 0 Å². The van der Waals surface area contributed by atoms with Crippen molar-refractivity contribution in [2.75, 3.05) is 5.75 Å². The van der Waals surface area contributed by atoms with Crippen LogP contribution in [0.15, 0.2) is 64.4 Å². The Morgan fingerprint density at radius 3 is 2.31 bits per heavy atom. The number of sulfonamides is 1. The lowest BCUT2D eigenvalue weighted by molar-refractivity contribution is 0.152. The topological polar surface area (TPSA) is 83.5 Å². The van der Waals surface area contributed by atoms with Gasteiger partial charge in [-0.1, -0.05) is 71.6 Å². The number of rotatable bonds is 11. The minimum atomic E-state index is -3.83. The summed E-state index contributed by atoms with van der Waals surface area (Å²) in [5, 5.41) is 10.5. The molecular weight excluding hydrogens is 474 g/mol. The molecule has 0 fully saturated rings. The van der Waals surface area contributed by atoms with Crippen molar-refractivity contribution in [1.82, 2.24) is 4.72 Å². The van der Waals surface area contributed by atoms with Crippen LogP contribution in [0.3, 0.4) is 0 Å². The fourth-order valence-corrected chi connectivity index (χ4v) is 6.49. The summed E-state index contributed by atoms with van der Waals surface area (Å²) in [5.41, 5.74) is 0.957. The average Bonchev–Trinajstić information content (AvgIpc) is 2.71. The highest BCUT2D eigenvalue weighted by Crippen LogP contribution is 2.21. The number of aryl methyl sites for hydroxylation is 1. The summed E-state index contributed by atoms with van der Waals surface area (Å²) in [6, 6.07) is 14.7. The smallest absolute Gasteiger partial charge is 0.240 e. The molecule has 0 unspecified atom stereocenters. The fourth-order valence-electron chi connectivity index (χ4n) is 2.85. The molecule has 0 aliphatic rings. The summed E-state index contributed by atoms with van der Waals surface area (Å²) < 4.78 is 41.3. The van der Waals surface area contributed by atoms with Crippen LogP contribution in [-0.4, -0.2) is 40.5 Å². The van der Waals surface area contributed by atoms with E-state index in [2.05, 4.69) is 20.7 Å². The molecule has 0 aliphatic heterocycles. The van der Waals surface area contributed by atoms with Gasteiger partial charge in [0.05, 0.1) is 26.6 Å². The molecule has 29 heavy (non-hydrogen) atoms. The molecule has 0 saturated heterocycles. The van der Waals surface area contributed by atoms with Crippen LogP contribution in [0.1, 0.15) is 31.7 Å². The third kappa shape index (κ3) is 7.29. The zero-order valence-corrected chi connectivity index (χ0v) is 19.8. The first-order valence-electron chi connectivity index (χ1n) is 9.59. The number of halogens is 1. The van der Waals surface area contributed by atoms with Gasteiger partial charge in [-0.25, -0.2) is 13.1 Å². The van der Waals surface area contributed by atoms with E-state index in [1.54, 1.807) is 48.5 Å². The van der Waals surface area contributed by atoms with Crippen molar-refractivity contribution < 1.29 is 17.7 Å². The maximum absolute atomic E-state index is 12.9. The molecule has 0 spiro atoms. The molecule has 0 aromatic heterocycles. The van der Waals surface area contributed by atoms with Crippen LogP contribution in [0.2, 0.25) is 0 Å². The average molecular weight is 502 g/mol. The van der Waals surface area contributed by atoms with Gasteiger partial charge in [-0.3, -0.25) is 4.21 Å². The summed E-state index contributed by atoms with van der Waals surface area (Å²) in [6.45, 7) is 3.91. The number of nitrogens with one attached hydrogen (secondary N) is 1. The molecular formula is C21H28BrNO4S2. The molecule has 2 aromatic carbocycles. The van der Waals surface area contributed by atoms with E-state index >= 15 is 0 Å². The number of unbranched alkanes of at least 4 members (excludes halogenated alkanes) is 1. The highest BCUT2D eigenvalue weighted by atomic mass is 79.9. The zero-order chi connectivity index (χ0) is 21.4. The number of hydrogen-bond acceptors (Lipinski definition) is 4. The standard InChI is InChI=1S/C21H28BrNO4S2/c1-3-4-10-20(24)21(22)19(15-28(25)17-8-6-5-7-9-17)23-29(26,27)18-13-11-16(2)12-14-18/h5-9,11-14,19-21,23-24H,3-4,10,15H2,1-2H3/t19-,20-,21-,28+/m0/s1. The van der Waals surface area contributed by atoms with Crippen LogP contribution < -0.4 is 4.72 Å². The molecule has 0 saturated carbocycles. The van der Waals surface area contributed by atoms with E-state index in [1.807, 2.05) is 19.9 Å². The molecule has 2 N–H and O–H groups in total. The lowest BCUT2D eigenvalue weighted by Crippen LogP contribution is -2.48. The van der Waals surface area contributed by atoms with Gasteiger partial charge in [-0.15, -0.1) is 0 Å². The molecule has 2 rings (SSSR count). The quantitative estimate of drug-likeness (QED) is 0.459. The van der Waals surface area contributed by atoms with Gasteiger partial charge in [0, 0.05) is 16.7 Å². The normalized spacial score (nSPS) is 16.1. The molecule has 5 nitrogen and oxygen atoms in total. The van der Waals surface area contributed by atoms with Crippen molar-refractivity contribution in [3.63, 3.8) is 0 Å². The number of benzene rings is 2. The van der Waals surface area contributed by atoms with Gasteiger partial charge >= 0.3 is 0 Å². The minimum absolute atomic E-state index is 0.0498. The third-order valence-corrected chi connectivity index (χ3v) is 8.79. The van der Waals surface area contributed by atoms with E-state index in [9.17, 15) is 17.7 Å². The Hall–Kier alpha value is -1.06. The van der Waals surface area contributed by atoms with Gasteiger partial charge in [0.15, 0.2) is 0 Å². The van der Waals surface area contributed by atoms with Crippen molar-refractivity contribution >= 4 is 36.8 Å². The number of hydrogen-bond donors (Lipinski definition) is 2. The Morgan fingerprint density at radius 1 is 1.10 bits per heavy atom. The van der Waals surface area contributed by atoms with Crippen molar-refractivity contribution in [3.8, 4) is 0 Å². The first-order valence-corrected chi connectivity index (χ1v) is 13.3. The molecule has 4 atom stereocenters. The molecule has 2 aromatic rings. The zero-order valence-electron chi connectivity index (χ0n) is 16.6. The van der Waals surface area contributed by atoms with E-state index in [0.717, 1.165) is 18.4 Å². The largest absolute Gasteiger partial charge is 0.392 e. The molecule has 8 heteroatoms. The Labute approximate surface area is 184 Å². The van der Waals surface area contributed by atoms with E-state index in [1.165, 1.54) is 0 Å². The summed E-state index contributed by atoms with van der Waals surface area (Å²) in [5.74, 6) is 0.0498. The second kappa shape index (κ2) is 11.4. The third-order valence-electron chi connectivity index (χ3n) is 4.58. The maximum Gasteiger partial charge on any atom is 0.240 e. The second-order valence-electron chi connectivity index (χ2n) is 7.02. The van der Waals surface area contributed by atoms with Gasteiger partial charge in [0.25, 0.3) is 0 Å². The molecule has 0 radical (unpaired) electrons. The summed E-state index contributed by atoms with van der Waals surface area (Å²) >= 11 is 3.47. The van der Waals surface area contributed by atoms with Gasteiger partial charge < -0.3 is 5.11 Å². The predicted molar refractivity (Wildman–Crippen MR) is 121 cm³/mol. The highest BCUT2D eigenvalue weighted by molar-refractivity contribution is 9.09. The SMILES string of the molecule is CCCC[C@H](O)[C@@H](Br)[C@H](C[S@@](=O)c1ccccc1)NS(=O)(=O)c1ccc(C)cc1. The van der Waals surface area contributed by atoms with Crippen LogP contribution in [-0.2, 0) is 20.8 Å². The monoisotopic (exact) mass is 501 g/mol. The Bertz CT molecular complexity index is 889. The predicted octanol–water partition coefficient (Wildman–Crippen LogP) is 3.76. The Kier molecular flexibility index (Phi) is 9.49. The summed E-state index contributed by atoms with van der Waals surface area (Å²) in [6.07, 6.45) is 1.52. The summed E-state index contributed by atoms with van der Waals surface area (Å²) in [7, 11) is -5.25. The molecule has 0 bridgehead atoms. The minimum Gasteiger partial charge on any atom is -0.392 e. The van der Waals surface area contributed by atoms with Crippen molar-refractivity contribution in [2.45, 2.75) is 59.9 Å². The first-order chi connectivity index (χ1) is 13.7. The number of aliphatic hydroxyl groups excluding tert-OH is 1. The molecule has 0 amide bonds. The van der Waals surface area contributed by atoms with E-state index < -0.39 is 37.8 Å². The van der Waals surface area contributed by atoms with Crippen LogP contribution in [0.25, 0.3) is 0 Å².